The number of fused-ring (bicyclic) bond motifs is 2. The van der Waals surface area contributed by atoms with Gasteiger partial charge in [-0.3, -0.25) is 9.36 Å². The number of carbonyl (C=O) groups excluding carboxylic acids is 1. The first-order valence-electron chi connectivity index (χ1n) is 10.9. The maximum absolute atomic E-state index is 11.6. The Morgan fingerprint density at radius 3 is 2.72 bits per heavy atom. The first-order chi connectivity index (χ1) is 15.7. The summed E-state index contributed by atoms with van der Waals surface area (Å²) >= 11 is 0. The Kier molecular flexibility index (Phi) is 5.56. The number of amides is 1. The number of carbonyl (C=O) groups is 1. The van der Waals surface area contributed by atoms with Gasteiger partial charge in [-0.2, -0.15) is 4.98 Å². The minimum absolute atomic E-state index is 0.0653. The molecule has 0 spiro atoms. The molecule has 7 nitrogen and oxygen atoms in total. The van der Waals surface area contributed by atoms with E-state index in [4.69, 9.17) is 9.97 Å². The Bertz CT molecular complexity index is 1260. The normalized spacial score (nSPS) is 13.0. The molecule has 0 radical (unpaired) electrons. The van der Waals surface area contributed by atoms with Crippen LogP contribution in [0.25, 0.3) is 16.9 Å². The van der Waals surface area contributed by atoms with Crippen LogP contribution in [-0.2, 0) is 30.8 Å². The van der Waals surface area contributed by atoms with Crippen LogP contribution in [0.3, 0.4) is 0 Å². The second-order valence-electron chi connectivity index (χ2n) is 8.00. The Morgan fingerprint density at radius 1 is 1.06 bits per heavy atom. The summed E-state index contributed by atoms with van der Waals surface area (Å²) in [6.07, 6.45) is 0.852. The second-order valence-corrected chi connectivity index (χ2v) is 8.00. The van der Waals surface area contributed by atoms with E-state index in [1.807, 2.05) is 30.3 Å². The standard InChI is InChI=1S/C25H26N6O/c1-17(32)27-15-20-13-19-9-5-6-10-23(19)31(20)25-29-22-11-12-26-16-21(22)24(30-25)28-14-18-7-3-2-4-8-18/h2-10,13,26H,11-12,14-16H2,1H3,(H,27,32)(H,28,29,30). The quantitative estimate of drug-likeness (QED) is 0.441. The molecule has 0 aliphatic carbocycles. The van der Waals surface area contributed by atoms with Crippen LogP contribution < -0.4 is 16.0 Å². The molecule has 3 heterocycles. The minimum atomic E-state index is -0.0653. The van der Waals surface area contributed by atoms with Gasteiger partial charge in [-0.05, 0) is 17.7 Å². The predicted octanol–water partition coefficient (Wildman–Crippen LogP) is 3.31. The number of anilines is 1. The summed E-state index contributed by atoms with van der Waals surface area (Å²) < 4.78 is 2.06. The molecular formula is C25H26N6O. The first kappa shape index (κ1) is 20.2. The van der Waals surface area contributed by atoms with Crippen LogP contribution >= 0.6 is 0 Å². The number of benzene rings is 2. The molecule has 162 valence electrons. The van der Waals surface area contributed by atoms with Gasteiger partial charge < -0.3 is 16.0 Å². The SMILES string of the molecule is CC(=O)NCc1cc2ccccc2n1-c1nc2c(c(NCc3ccccc3)n1)CNCC2. The van der Waals surface area contributed by atoms with Crippen LogP contribution in [0.1, 0.15) is 29.4 Å². The highest BCUT2D eigenvalue weighted by molar-refractivity contribution is 5.83. The van der Waals surface area contributed by atoms with E-state index in [0.29, 0.717) is 19.0 Å². The fourth-order valence-corrected chi connectivity index (χ4v) is 4.15. The van der Waals surface area contributed by atoms with Crippen molar-refractivity contribution in [1.29, 1.82) is 0 Å². The second kappa shape index (κ2) is 8.80. The fraction of sp³-hybridized carbons (Fsp3) is 0.240. The van der Waals surface area contributed by atoms with Crippen molar-refractivity contribution in [1.82, 2.24) is 25.2 Å². The monoisotopic (exact) mass is 426 g/mol. The van der Waals surface area contributed by atoms with Crippen LogP contribution in [0.2, 0.25) is 0 Å². The minimum Gasteiger partial charge on any atom is -0.366 e. The largest absolute Gasteiger partial charge is 0.366 e. The first-order valence-corrected chi connectivity index (χ1v) is 10.9. The smallest absolute Gasteiger partial charge is 0.236 e. The molecule has 0 fully saturated rings. The molecular weight excluding hydrogens is 400 g/mol. The Balaban J connectivity index is 1.59. The lowest BCUT2D eigenvalue weighted by Gasteiger charge is -2.22. The summed E-state index contributed by atoms with van der Waals surface area (Å²) in [5.74, 6) is 1.41. The Labute approximate surface area is 186 Å². The lowest BCUT2D eigenvalue weighted by molar-refractivity contribution is -0.119. The summed E-state index contributed by atoms with van der Waals surface area (Å²) in [6, 6.07) is 20.6. The van der Waals surface area contributed by atoms with Crippen molar-refractivity contribution in [3.8, 4) is 5.95 Å². The predicted molar refractivity (Wildman–Crippen MR) is 126 cm³/mol. The van der Waals surface area contributed by atoms with Gasteiger partial charge in [0.1, 0.15) is 5.82 Å². The molecule has 0 unspecified atom stereocenters. The average Bonchev–Trinajstić information content (AvgIpc) is 3.20. The number of hydrogen-bond donors (Lipinski definition) is 3. The molecule has 0 saturated carbocycles. The van der Waals surface area contributed by atoms with Crippen LogP contribution in [-0.4, -0.2) is 27.0 Å². The van der Waals surface area contributed by atoms with Gasteiger partial charge in [0.15, 0.2) is 0 Å². The van der Waals surface area contributed by atoms with Gasteiger partial charge in [0.25, 0.3) is 0 Å². The third kappa shape index (κ3) is 4.07. The molecule has 7 heteroatoms. The van der Waals surface area contributed by atoms with Crippen molar-refractivity contribution in [3.63, 3.8) is 0 Å². The highest BCUT2D eigenvalue weighted by atomic mass is 16.1. The van der Waals surface area contributed by atoms with E-state index in [1.54, 1.807) is 0 Å². The van der Waals surface area contributed by atoms with Crippen molar-refractivity contribution in [2.24, 2.45) is 0 Å². The summed E-state index contributed by atoms with van der Waals surface area (Å²) in [4.78, 5) is 21.5. The molecule has 2 aromatic heterocycles. The van der Waals surface area contributed by atoms with Crippen LogP contribution in [0.5, 0.6) is 0 Å². The maximum atomic E-state index is 11.6. The number of para-hydroxylation sites is 1. The van der Waals surface area contributed by atoms with Crippen molar-refractivity contribution in [2.45, 2.75) is 33.0 Å². The number of nitrogens with one attached hydrogen (secondary N) is 3. The maximum Gasteiger partial charge on any atom is 0.236 e. The van der Waals surface area contributed by atoms with E-state index in [2.05, 4.69) is 50.8 Å². The molecule has 0 bridgehead atoms. The van der Waals surface area contributed by atoms with Crippen LogP contribution in [0.4, 0.5) is 5.82 Å². The molecule has 1 aliphatic rings. The molecule has 32 heavy (non-hydrogen) atoms. The van der Waals surface area contributed by atoms with Gasteiger partial charge in [0.2, 0.25) is 11.9 Å². The van der Waals surface area contributed by atoms with Gasteiger partial charge in [-0.1, -0.05) is 48.5 Å². The van der Waals surface area contributed by atoms with Crippen molar-refractivity contribution in [3.05, 3.63) is 83.2 Å². The summed E-state index contributed by atoms with van der Waals surface area (Å²) in [5, 5.41) is 11.0. The fourth-order valence-electron chi connectivity index (χ4n) is 4.15. The van der Waals surface area contributed by atoms with E-state index in [1.165, 1.54) is 12.5 Å². The zero-order valence-corrected chi connectivity index (χ0v) is 18.1. The van der Waals surface area contributed by atoms with E-state index >= 15 is 0 Å². The molecule has 1 amide bonds. The number of aromatic nitrogens is 3. The van der Waals surface area contributed by atoms with Gasteiger partial charge in [0, 0.05) is 49.6 Å². The lowest BCUT2D eigenvalue weighted by Crippen LogP contribution is -2.27. The number of nitrogens with zero attached hydrogens (tertiary/aromatic N) is 3. The molecule has 2 aromatic carbocycles. The molecule has 3 N–H and O–H groups in total. The van der Waals surface area contributed by atoms with Gasteiger partial charge in [0.05, 0.1) is 17.8 Å². The third-order valence-electron chi connectivity index (χ3n) is 5.73. The van der Waals surface area contributed by atoms with Gasteiger partial charge in [-0.15, -0.1) is 0 Å². The molecule has 1 aliphatic heterocycles. The molecule has 0 saturated heterocycles. The molecule has 5 rings (SSSR count). The van der Waals surface area contributed by atoms with Crippen LogP contribution in [0.15, 0.2) is 60.7 Å². The van der Waals surface area contributed by atoms with Crippen molar-refractivity contribution < 1.29 is 4.79 Å². The number of hydrogen-bond acceptors (Lipinski definition) is 5. The van der Waals surface area contributed by atoms with E-state index in [-0.39, 0.29) is 5.91 Å². The van der Waals surface area contributed by atoms with Crippen molar-refractivity contribution >= 4 is 22.6 Å². The zero-order valence-electron chi connectivity index (χ0n) is 18.1. The van der Waals surface area contributed by atoms with Gasteiger partial charge >= 0.3 is 0 Å². The Morgan fingerprint density at radius 2 is 1.88 bits per heavy atom. The highest BCUT2D eigenvalue weighted by Crippen LogP contribution is 2.27. The van der Waals surface area contributed by atoms with E-state index < -0.39 is 0 Å². The summed E-state index contributed by atoms with van der Waals surface area (Å²) in [7, 11) is 0. The summed E-state index contributed by atoms with van der Waals surface area (Å²) in [5.41, 5.74) is 5.35. The molecule has 0 atom stereocenters. The topological polar surface area (TPSA) is 83.9 Å². The highest BCUT2D eigenvalue weighted by Gasteiger charge is 2.20. The zero-order chi connectivity index (χ0) is 21.9. The van der Waals surface area contributed by atoms with Gasteiger partial charge in [-0.25, -0.2) is 4.98 Å². The average molecular weight is 427 g/mol. The third-order valence-corrected chi connectivity index (χ3v) is 5.73. The van der Waals surface area contributed by atoms with E-state index in [0.717, 1.165) is 53.2 Å². The molecule has 4 aromatic rings. The summed E-state index contributed by atoms with van der Waals surface area (Å²) in [6.45, 7) is 4.28. The lowest BCUT2D eigenvalue weighted by atomic mass is 10.1. The van der Waals surface area contributed by atoms with E-state index in [9.17, 15) is 4.79 Å². The van der Waals surface area contributed by atoms with Crippen LogP contribution in [0, 0.1) is 0 Å². The Hall–Kier alpha value is -3.71. The number of rotatable bonds is 6. The van der Waals surface area contributed by atoms with Crippen molar-refractivity contribution in [2.75, 3.05) is 11.9 Å².